The number of phenolic OH excluding ortho intramolecular Hbond substituents is 1. The lowest BCUT2D eigenvalue weighted by Gasteiger charge is -2.35. The van der Waals surface area contributed by atoms with Crippen molar-refractivity contribution in [1.82, 2.24) is 9.88 Å². The summed E-state index contributed by atoms with van der Waals surface area (Å²) < 4.78 is 5.65. The van der Waals surface area contributed by atoms with Gasteiger partial charge in [-0.2, -0.15) is 0 Å². The van der Waals surface area contributed by atoms with Gasteiger partial charge in [-0.3, -0.25) is 4.90 Å². The smallest absolute Gasteiger partial charge is 0.162 e. The Hall–Kier alpha value is -2.31. The molecule has 0 spiro atoms. The summed E-state index contributed by atoms with van der Waals surface area (Å²) in [5, 5.41) is 12.5. The van der Waals surface area contributed by atoms with Crippen LogP contribution in [-0.2, 0) is 6.54 Å². The lowest BCUT2D eigenvalue weighted by molar-refractivity contribution is 0.247. The minimum atomic E-state index is 0.313. The number of benzene rings is 1. The molecule has 0 radical (unpaired) electrons. The van der Waals surface area contributed by atoms with Crippen LogP contribution in [-0.4, -0.2) is 41.2 Å². The van der Waals surface area contributed by atoms with Gasteiger partial charge in [0.2, 0.25) is 0 Å². The second kappa shape index (κ2) is 6.90. The molecule has 0 aliphatic carbocycles. The van der Waals surface area contributed by atoms with Crippen molar-refractivity contribution in [2.45, 2.75) is 13.5 Å². The van der Waals surface area contributed by atoms with Crippen molar-refractivity contribution in [2.24, 2.45) is 0 Å². The summed E-state index contributed by atoms with van der Waals surface area (Å²) in [4.78, 5) is 9.51. The average molecular weight is 355 g/mol. The Kier molecular flexibility index (Phi) is 4.46. The molecule has 5 nitrogen and oxygen atoms in total. The molecule has 3 heterocycles. The van der Waals surface area contributed by atoms with E-state index in [4.69, 9.17) is 9.40 Å². The Labute approximate surface area is 151 Å². The first-order chi connectivity index (χ1) is 12.2. The van der Waals surface area contributed by atoms with Crippen LogP contribution in [0.4, 0.5) is 5.69 Å². The molecule has 6 heteroatoms. The minimum Gasteiger partial charge on any atom is -0.508 e. The van der Waals surface area contributed by atoms with Crippen molar-refractivity contribution >= 4 is 17.0 Å². The molecule has 1 aliphatic heterocycles. The van der Waals surface area contributed by atoms with Crippen molar-refractivity contribution in [3.05, 3.63) is 53.2 Å². The Morgan fingerprint density at radius 2 is 1.84 bits per heavy atom. The highest BCUT2D eigenvalue weighted by Gasteiger charge is 2.18. The van der Waals surface area contributed by atoms with E-state index in [-0.39, 0.29) is 0 Å². The van der Waals surface area contributed by atoms with Crippen LogP contribution in [0.1, 0.15) is 11.5 Å². The number of anilines is 1. The number of phenols is 1. The number of piperazine rings is 1. The monoisotopic (exact) mass is 355 g/mol. The zero-order chi connectivity index (χ0) is 17.2. The van der Waals surface area contributed by atoms with Crippen molar-refractivity contribution in [1.29, 1.82) is 0 Å². The van der Waals surface area contributed by atoms with Crippen LogP contribution in [0.2, 0.25) is 0 Å². The molecule has 0 atom stereocenters. The second-order valence-electron chi connectivity index (χ2n) is 6.33. The average Bonchev–Trinajstić information content (AvgIpc) is 3.25. The normalized spacial score (nSPS) is 15.6. The molecule has 2 aromatic heterocycles. The van der Waals surface area contributed by atoms with Crippen LogP contribution in [0.15, 0.2) is 46.2 Å². The molecule has 4 rings (SSSR count). The number of aryl methyl sites for hydroxylation is 1. The van der Waals surface area contributed by atoms with E-state index in [1.807, 2.05) is 31.2 Å². The standard InChI is InChI=1S/C19H21N3O2S/c1-14-2-7-18(24-14)19-20-15(13-25-19)12-21-8-10-22(11-9-21)16-3-5-17(23)6-4-16/h2-7,13,23H,8-12H2,1H3. The van der Waals surface area contributed by atoms with Gasteiger partial charge >= 0.3 is 0 Å². The van der Waals surface area contributed by atoms with E-state index in [2.05, 4.69) is 15.2 Å². The Morgan fingerprint density at radius 1 is 1.08 bits per heavy atom. The quantitative estimate of drug-likeness (QED) is 0.773. The third kappa shape index (κ3) is 3.70. The number of rotatable bonds is 4. The molecular weight excluding hydrogens is 334 g/mol. The van der Waals surface area contributed by atoms with Crippen LogP contribution in [0.3, 0.4) is 0 Å². The molecule has 0 unspecified atom stereocenters. The molecule has 1 saturated heterocycles. The van der Waals surface area contributed by atoms with E-state index in [0.29, 0.717) is 5.75 Å². The largest absolute Gasteiger partial charge is 0.508 e. The highest BCUT2D eigenvalue weighted by atomic mass is 32.1. The van der Waals surface area contributed by atoms with Crippen LogP contribution in [0.25, 0.3) is 10.8 Å². The lowest BCUT2D eigenvalue weighted by Crippen LogP contribution is -2.46. The number of aromatic hydroxyl groups is 1. The van der Waals surface area contributed by atoms with Crippen molar-refractivity contribution in [2.75, 3.05) is 31.1 Å². The summed E-state index contributed by atoms with van der Waals surface area (Å²) in [6, 6.07) is 11.4. The molecule has 130 valence electrons. The molecule has 3 aromatic rings. The first kappa shape index (κ1) is 16.2. The SMILES string of the molecule is Cc1ccc(-c2nc(CN3CCN(c4ccc(O)cc4)CC3)cs2)o1. The fourth-order valence-corrected chi connectivity index (χ4v) is 3.87. The van der Waals surface area contributed by atoms with Gasteiger partial charge in [-0.25, -0.2) is 4.98 Å². The van der Waals surface area contributed by atoms with Crippen LogP contribution in [0, 0.1) is 6.92 Å². The number of hydrogen-bond donors (Lipinski definition) is 1. The maximum absolute atomic E-state index is 9.41. The highest BCUT2D eigenvalue weighted by molar-refractivity contribution is 7.13. The molecule has 1 N–H and O–H groups in total. The van der Waals surface area contributed by atoms with Crippen molar-refractivity contribution < 1.29 is 9.52 Å². The first-order valence-corrected chi connectivity index (χ1v) is 9.33. The molecule has 1 aromatic carbocycles. The molecule has 0 bridgehead atoms. The summed E-state index contributed by atoms with van der Waals surface area (Å²) in [6.07, 6.45) is 0. The maximum atomic E-state index is 9.41. The predicted molar refractivity (Wildman–Crippen MR) is 100 cm³/mol. The van der Waals surface area contributed by atoms with Gasteiger partial charge in [0.05, 0.1) is 5.69 Å². The fourth-order valence-electron chi connectivity index (χ4n) is 3.10. The summed E-state index contributed by atoms with van der Waals surface area (Å²) in [6.45, 7) is 6.81. The van der Waals surface area contributed by atoms with Crippen molar-refractivity contribution in [3.8, 4) is 16.5 Å². The number of furan rings is 1. The topological polar surface area (TPSA) is 52.7 Å². The number of nitrogens with zero attached hydrogens (tertiary/aromatic N) is 3. The van der Waals surface area contributed by atoms with Gasteiger partial charge in [-0.15, -0.1) is 11.3 Å². The third-order valence-corrected chi connectivity index (χ3v) is 5.38. The minimum absolute atomic E-state index is 0.313. The van der Waals surface area contributed by atoms with Gasteiger partial charge in [0, 0.05) is 43.8 Å². The molecule has 1 fully saturated rings. The number of aromatic nitrogens is 1. The van der Waals surface area contributed by atoms with Gasteiger partial charge in [0.1, 0.15) is 11.5 Å². The first-order valence-electron chi connectivity index (χ1n) is 8.45. The summed E-state index contributed by atoms with van der Waals surface area (Å²) in [5.41, 5.74) is 2.27. The second-order valence-corrected chi connectivity index (χ2v) is 7.19. The van der Waals surface area contributed by atoms with E-state index in [1.165, 1.54) is 5.69 Å². The lowest BCUT2D eigenvalue weighted by atomic mass is 10.2. The molecule has 1 aliphatic rings. The zero-order valence-corrected chi connectivity index (χ0v) is 15.0. The van der Waals surface area contributed by atoms with E-state index >= 15 is 0 Å². The van der Waals surface area contributed by atoms with Gasteiger partial charge in [-0.05, 0) is 43.3 Å². The number of thiazole rings is 1. The van der Waals surface area contributed by atoms with Gasteiger partial charge in [-0.1, -0.05) is 0 Å². The van der Waals surface area contributed by atoms with E-state index < -0.39 is 0 Å². The summed E-state index contributed by atoms with van der Waals surface area (Å²) in [7, 11) is 0. The fraction of sp³-hybridized carbons (Fsp3) is 0.316. The molecule has 25 heavy (non-hydrogen) atoms. The van der Waals surface area contributed by atoms with Crippen LogP contribution < -0.4 is 4.90 Å². The van der Waals surface area contributed by atoms with Gasteiger partial charge < -0.3 is 14.4 Å². The molecular formula is C19H21N3O2S. The summed E-state index contributed by atoms with van der Waals surface area (Å²) in [5.74, 6) is 2.08. The summed E-state index contributed by atoms with van der Waals surface area (Å²) >= 11 is 1.64. The van der Waals surface area contributed by atoms with E-state index in [1.54, 1.807) is 23.5 Å². The molecule has 0 amide bonds. The van der Waals surface area contributed by atoms with Crippen molar-refractivity contribution in [3.63, 3.8) is 0 Å². The maximum Gasteiger partial charge on any atom is 0.162 e. The van der Waals surface area contributed by atoms with E-state index in [0.717, 1.165) is 54.9 Å². The number of hydrogen-bond acceptors (Lipinski definition) is 6. The Bertz CT molecular complexity index is 832. The zero-order valence-electron chi connectivity index (χ0n) is 14.2. The molecule has 0 saturated carbocycles. The van der Waals surface area contributed by atoms with Crippen LogP contribution in [0.5, 0.6) is 5.75 Å². The van der Waals surface area contributed by atoms with Crippen LogP contribution >= 0.6 is 11.3 Å². The predicted octanol–water partition coefficient (Wildman–Crippen LogP) is 3.74. The van der Waals surface area contributed by atoms with E-state index in [9.17, 15) is 5.11 Å². The van der Waals surface area contributed by atoms with Gasteiger partial charge in [0.15, 0.2) is 10.8 Å². The Morgan fingerprint density at radius 3 is 2.52 bits per heavy atom. The Balaban J connectivity index is 1.34. The van der Waals surface area contributed by atoms with Gasteiger partial charge in [0.25, 0.3) is 0 Å². The third-order valence-electron chi connectivity index (χ3n) is 4.48. The highest BCUT2D eigenvalue weighted by Crippen LogP contribution is 2.26.